The molecule has 0 aliphatic heterocycles. The Labute approximate surface area is 59.7 Å². The Kier molecular flexibility index (Phi) is 3.50. The van der Waals surface area contributed by atoms with Crippen LogP contribution in [-0.4, -0.2) is 33.0 Å². The molecule has 3 N–H and O–H groups in total. The fourth-order valence-corrected chi connectivity index (χ4v) is 0.722. The van der Waals surface area contributed by atoms with Crippen LogP contribution in [0.15, 0.2) is 0 Å². The molecule has 2 unspecified atom stereocenters. The van der Waals surface area contributed by atoms with Gasteiger partial charge in [0, 0.05) is 6.42 Å². The lowest BCUT2D eigenvalue weighted by Crippen LogP contribution is -2.25. The van der Waals surface area contributed by atoms with E-state index in [0.29, 0.717) is 0 Å². The Balaban J connectivity index is 3.47. The summed E-state index contributed by atoms with van der Waals surface area (Å²) in [6.45, 7) is 1.12. The maximum atomic E-state index is 8.91. The number of hydrogen-bond acceptors (Lipinski definition) is 4. The zero-order valence-corrected chi connectivity index (χ0v) is 6.17. The summed E-state index contributed by atoms with van der Waals surface area (Å²) in [7, 11) is 0. The lowest BCUT2D eigenvalue weighted by molar-refractivity contribution is 0.0353. The van der Waals surface area contributed by atoms with Gasteiger partial charge in [-0.1, -0.05) is 0 Å². The number of aliphatic hydroxyl groups excluding tert-OH is 2. The summed E-state index contributed by atoms with van der Waals surface area (Å²) in [5.74, 6) is 0. The molecule has 0 aromatic carbocycles. The lowest BCUT2D eigenvalue weighted by Gasteiger charge is -2.18. The molecule has 0 fully saturated rings. The van der Waals surface area contributed by atoms with E-state index in [-0.39, 0.29) is 13.0 Å². The third-order valence-corrected chi connectivity index (χ3v) is 1.02. The van der Waals surface area contributed by atoms with Gasteiger partial charge in [-0.15, -0.1) is 12.6 Å². The average Bonchev–Trinajstić information content (AvgIpc) is 1.62. The zero-order valence-electron chi connectivity index (χ0n) is 5.28. The first-order valence-corrected chi connectivity index (χ1v) is 3.14. The zero-order chi connectivity index (χ0) is 7.49. The molecule has 4 heteroatoms. The summed E-state index contributed by atoms with van der Waals surface area (Å²) >= 11 is 3.73. The molecule has 0 aliphatic carbocycles. The fourth-order valence-electron chi connectivity index (χ4n) is 0.511. The molecule has 2 atom stereocenters. The maximum absolute atomic E-state index is 8.91. The minimum Gasteiger partial charge on any atom is -0.394 e. The highest BCUT2D eigenvalue weighted by Gasteiger charge is 2.18. The van der Waals surface area contributed by atoms with Crippen molar-refractivity contribution in [3.8, 4) is 0 Å². The average molecular weight is 152 g/mol. The van der Waals surface area contributed by atoms with Gasteiger partial charge in [-0.25, -0.2) is 0 Å². The van der Waals surface area contributed by atoms with Gasteiger partial charge in [0.15, 0.2) is 0 Å². The highest BCUT2D eigenvalue weighted by Crippen LogP contribution is 2.15. The van der Waals surface area contributed by atoms with Crippen molar-refractivity contribution in [1.82, 2.24) is 0 Å². The van der Waals surface area contributed by atoms with Crippen LogP contribution in [0.5, 0.6) is 0 Å². The molecule has 0 heterocycles. The van der Waals surface area contributed by atoms with Crippen molar-refractivity contribution >= 4 is 12.6 Å². The monoisotopic (exact) mass is 152 g/mol. The predicted octanol–water partition coefficient (Wildman–Crippen LogP) is -0.632. The Morgan fingerprint density at radius 3 is 2.22 bits per heavy atom. The second-order valence-electron chi connectivity index (χ2n) is 2.26. The topological polar surface area (TPSA) is 60.7 Å². The number of thiol groups is 1. The van der Waals surface area contributed by atoms with Crippen LogP contribution in [0.25, 0.3) is 0 Å². The minimum absolute atomic E-state index is 0.0760. The van der Waals surface area contributed by atoms with Crippen LogP contribution in [0.2, 0.25) is 0 Å². The van der Waals surface area contributed by atoms with E-state index >= 15 is 0 Å². The summed E-state index contributed by atoms with van der Waals surface area (Å²) in [5.41, 5.74) is 0. The van der Waals surface area contributed by atoms with Gasteiger partial charge in [-0.05, 0) is 6.92 Å². The molecule has 0 bridgehead atoms. The molecule has 0 rings (SSSR count). The van der Waals surface area contributed by atoms with E-state index in [0.717, 1.165) is 0 Å². The minimum atomic E-state index is -1.19. The third kappa shape index (κ3) is 6.11. The smallest absolute Gasteiger partial charge is 0.107 e. The SMILES string of the molecule is CC(O)(S)CC(O)CO. The van der Waals surface area contributed by atoms with Crippen LogP contribution in [0, 0.1) is 0 Å². The van der Waals surface area contributed by atoms with Crippen molar-refractivity contribution in [1.29, 1.82) is 0 Å². The molecule has 0 aromatic rings. The van der Waals surface area contributed by atoms with Gasteiger partial charge in [0.2, 0.25) is 0 Å². The standard InChI is InChI=1S/C5H12O3S/c1-5(8,9)2-4(7)3-6/h4,6-9H,2-3H2,1H3. The van der Waals surface area contributed by atoms with Crippen LogP contribution in [0.1, 0.15) is 13.3 Å². The molecule has 0 saturated carbocycles. The molecule has 0 amide bonds. The van der Waals surface area contributed by atoms with Gasteiger partial charge in [-0.2, -0.15) is 0 Å². The van der Waals surface area contributed by atoms with Gasteiger partial charge >= 0.3 is 0 Å². The predicted molar refractivity (Wildman–Crippen MR) is 37.3 cm³/mol. The second-order valence-corrected chi connectivity index (χ2v) is 3.22. The first-order chi connectivity index (χ1) is 3.95. The van der Waals surface area contributed by atoms with Crippen molar-refractivity contribution in [3.63, 3.8) is 0 Å². The molecular formula is C5H12O3S. The van der Waals surface area contributed by atoms with Crippen molar-refractivity contribution in [2.45, 2.75) is 24.4 Å². The van der Waals surface area contributed by atoms with E-state index in [2.05, 4.69) is 12.6 Å². The summed E-state index contributed by atoms with van der Waals surface area (Å²) in [6, 6.07) is 0. The normalized spacial score (nSPS) is 21.0. The van der Waals surface area contributed by atoms with Crippen LogP contribution < -0.4 is 0 Å². The first kappa shape index (κ1) is 9.23. The van der Waals surface area contributed by atoms with E-state index in [9.17, 15) is 0 Å². The maximum Gasteiger partial charge on any atom is 0.107 e. The Bertz CT molecular complexity index is 78.8. The number of rotatable bonds is 3. The van der Waals surface area contributed by atoms with Crippen molar-refractivity contribution in [2.75, 3.05) is 6.61 Å². The number of aliphatic hydroxyl groups is 3. The number of hydrogen-bond donors (Lipinski definition) is 4. The molecule has 9 heavy (non-hydrogen) atoms. The lowest BCUT2D eigenvalue weighted by atomic mass is 10.2. The summed E-state index contributed by atoms with van der Waals surface area (Å²) in [5, 5.41) is 25.9. The van der Waals surface area contributed by atoms with Crippen LogP contribution in [-0.2, 0) is 0 Å². The summed E-state index contributed by atoms with van der Waals surface area (Å²) < 4.78 is 0. The highest BCUT2D eigenvalue weighted by molar-refractivity contribution is 7.81. The van der Waals surface area contributed by atoms with Crippen LogP contribution in [0.4, 0.5) is 0 Å². The summed E-state index contributed by atoms with van der Waals surface area (Å²) in [6.07, 6.45) is -0.801. The van der Waals surface area contributed by atoms with Gasteiger partial charge in [0.25, 0.3) is 0 Å². The largest absolute Gasteiger partial charge is 0.394 e. The molecule has 0 saturated heterocycles. The van der Waals surface area contributed by atoms with Crippen LogP contribution >= 0.6 is 12.6 Å². The Hall–Kier alpha value is 0.230. The van der Waals surface area contributed by atoms with Gasteiger partial charge < -0.3 is 15.3 Å². The first-order valence-electron chi connectivity index (χ1n) is 2.69. The van der Waals surface area contributed by atoms with Crippen molar-refractivity contribution in [2.24, 2.45) is 0 Å². The molecule has 0 aromatic heterocycles. The molecule has 0 spiro atoms. The van der Waals surface area contributed by atoms with Crippen molar-refractivity contribution < 1.29 is 15.3 Å². The quantitative estimate of drug-likeness (QED) is 0.321. The van der Waals surface area contributed by atoms with Gasteiger partial charge in [0.05, 0.1) is 12.7 Å². The molecule has 0 radical (unpaired) electrons. The molecule has 56 valence electrons. The van der Waals surface area contributed by atoms with Gasteiger partial charge in [-0.3, -0.25) is 0 Å². The molecule has 0 aliphatic rings. The fraction of sp³-hybridized carbons (Fsp3) is 1.00. The van der Waals surface area contributed by atoms with E-state index in [1.807, 2.05) is 0 Å². The van der Waals surface area contributed by atoms with E-state index in [1.54, 1.807) is 0 Å². The Morgan fingerprint density at radius 2 is 2.11 bits per heavy atom. The third-order valence-electron chi connectivity index (χ3n) is 0.833. The van der Waals surface area contributed by atoms with E-state index in [4.69, 9.17) is 15.3 Å². The van der Waals surface area contributed by atoms with Crippen LogP contribution in [0.3, 0.4) is 0 Å². The Morgan fingerprint density at radius 1 is 1.67 bits per heavy atom. The van der Waals surface area contributed by atoms with E-state index < -0.39 is 11.0 Å². The van der Waals surface area contributed by atoms with E-state index in [1.165, 1.54) is 6.92 Å². The second kappa shape index (κ2) is 3.41. The van der Waals surface area contributed by atoms with Gasteiger partial charge in [0.1, 0.15) is 4.93 Å². The highest BCUT2D eigenvalue weighted by atomic mass is 32.1. The molecule has 3 nitrogen and oxygen atoms in total. The summed E-state index contributed by atoms with van der Waals surface area (Å²) in [4.78, 5) is -1.19. The molecular weight excluding hydrogens is 140 g/mol. The van der Waals surface area contributed by atoms with Crippen molar-refractivity contribution in [3.05, 3.63) is 0 Å².